The lowest BCUT2D eigenvalue weighted by atomic mass is 9.90. The molecule has 5 rings (SSSR count). The number of methoxy groups -OCH3 is 1. The number of phenols is 1. The van der Waals surface area contributed by atoms with E-state index in [1.165, 1.54) is 0 Å². The number of aromatic hydroxyl groups is 1. The van der Waals surface area contributed by atoms with Crippen LogP contribution >= 0.6 is 0 Å². The van der Waals surface area contributed by atoms with E-state index in [-0.39, 0.29) is 11.7 Å². The molecule has 1 atom stereocenters. The van der Waals surface area contributed by atoms with Crippen molar-refractivity contribution in [2.75, 3.05) is 27.2 Å². The number of hydrazone groups is 1. The summed E-state index contributed by atoms with van der Waals surface area (Å²) in [5, 5.41) is 27.0. The van der Waals surface area contributed by atoms with Crippen molar-refractivity contribution in [1.82, 2.24) is 15.5 Å². The molecule has 1 unspecified atom stereocenters. The fourth-order valence-corrected chi connectivity index (χ4v) is 3.84. The van der Waals surface area contributed by atoms with Crippen LogP contribution in [0.2, 0.25) is 0 Å². The van der Waals surface area contributed by atoms with Crippen LogP contribution in [-0.2, 0) is 4.74 Å². The Morgan fingerprint density at radius 2 is 2.03 bits per heavy atom. The summed E-state index contributed by atoms with van der Waals surface area (Å²) >= 11 is 0. The van der Waals surface area contributed by atoms with Crippen LogP contribution in [0, 0.1) is 5.92 Å². The Kier molecular flexibility index (Phi) is 4.24. The van der Waals surface area contributed by atoms with Crippen LogP contribution in [0.4, 0.5) is 0 Å². The number of ether oxygens (including phenoxy) is 1. The molecule has 0 bridgehead atoms. The normalized spacial score (nSPS) is 20.8. The first kappa shape index (κ1) is 17.8. The van der Waals surface area contributed by atoms with E-state index in [2.05, 4.69) is 26.7 Å². The number of phenolic OH excluding ortho intramolecular Hbond substituents is 1. The largest absolute Gasteiger partial charge is 0.507 e. The van der Waals surface area contributed by atoms with Crippen molar-refractivity contribution in [3.05, 3.63) is 59.5 Å². The third kappa shape index (κ3) is 3.13. The van der Waals surface area contributed by atoms with Gasteiger partial charge in [0.15, 0.2) is 19.0 Å². The van der Waals surface area contributed by atoms with Crippen LogP contribution in [0.25, 0.3) is 16.8 Å². The van der Waals surface area contributed by atoms with Crippen molar-refractivity contribution in [2.24, 2.45) is 11.0 Å². The molecule has 1 aromatic heterocycles. The Bertz CT molecular complexity index is 1090. The van der Waals surface area contributed by atoms with Gasteiger partial charge >= 0.3 is 0 Å². The molecule has 2 aliphatic heterocycles. The van der Waals surface area contributed by atoms with Crippen LogP contribution in [0.1, 0.15) is 17.2 Å². The smallest absolute Gasteiger partial charge is 0.185 e. The molecule has 1 aliphatic carbocycles. The number of fused-ring (bicyclic) bond motifs is 1. The Morgan fingerprint density at radius 3 is 2.69 bits per heavy atom. The van der Waals surface area contributed by atoms with E-state index in [0.29, 0.717) is 17.2 Å². The zero-order valence-electron chi connectivity index (χ0n) is 16.3. The summed E-state index contributed by atoms with van der Waals surface area (Å²) in [6.07, 6.45) is 6.11. The molecule has 3 aliphatic rings. The SMILES string of the molecule is COC1=CC(c2ccc(-c3ccc(C4CNC4)nn3)c(O)c2)=CC2C=[N+](C)N=C12. The topological polar surface area (TPSA) is 82.6 Å². The third-order valence-electron chi connectivity index (χ3n) is 5.57. The first-order valence-corrected chi connectivity index (χ1v) is 9.64. The van der Waals surface area contributed by atoms with E-state index in [4.69, 9.17) is 4.74 Å². The Morgan fingerprint density at radius 1 is 1.17 bits per heavy atom. The number of rotatable bonds is 4. The lowest BCUT2D eigenvalue weighted by Crippen LogP contribution is -2.40. The van der Waals surface area contributed by atoms with Crippen molar-refractivity contribution >= 4 is 17.5 Å². The molecule has 2 N–H and O–H groups in total. The lowest BCUT2D eigenvalue weighted by molar-refractivity contribution is -0.495. The van der Waals surface area contributed by atoms with Gasteiger partial charge in [-0.2, -0.15) is 10.2 Å². The third-order valence-corrected chi connectivity index (χ3v) is 5.57. The van der Waals surface area contributed by atoms with Gasteiger partial charge in [0.25, 0.3) is 0 Å². The van der Waals surface area contributed by atoms with Gasteiger partial charge < -0.3 is 15.2 Å². The van der Waals surface area contributed by atoms with Gasteiger partial charge in [-0.15, -0.1) is 0 Å². The van der Waals surface area contributed by atoms with Crippen molar-refractivity contribution in [1.29, 1.82) is 0 Å². The summed E-state index contributed by atoms with van der Waals surface area (Å²) < 4.78 is 7.33. The quantitative estimate of drug-likeness (QED) is 0.785. The summed E-state index contributed by atoms with van der Waals surface area (Å²) in [5.74, 6) is 1.42. The molecule has 3 heterocycles. The van der Waals surface area contributed by atoms with Crippen molar-refractivity contribution in [2.45, 2.75) is 5.92 Å². The molecular weight excluding hydrogens is 366 g/mol. The van der Waals surface area contributed by atoms with Gasteiger partial charge in [0.1, 0.15) is 17.4 Å². The fourth-order valence-electron chi connectivity index (χ4n) is 3.84. The maximum absolute atomic E-state index is 10.7. The van der Waals surface area contributed by atoms with Gasteiger partial charge in [-0.3, -0.25) is 0 Å². The predicted molar refractivity (Wildman–Crippen MR) is 111 cm³/mol. The highest BCUT2D eigenvalue weighted by Crippen LogP contribution is 2.34. The van der Waals surface area contributed by atoms with E-state index < -0.39 is 0 Å². The van der Waals surface area contributed by atoms with E-state index in [0.717, 1.165) is 41.4 Å². The van der Waals surface area contributed by atoms with Gasteiger partial charge in [0, 0.05) is 24.6 Å². The number of benzene rings is 1. The number of hydrogen-bond acceptors (Lipinski definition) is 6. The highest BCUT2D eigenvalue weighted by molar-refractivity contribution is 6.14. The summed E-state index contributed by atoms with van der Waals surface area (Å²) in [7, 11) is 3.55. The van der Waals surface area contributed by atoms with Gasteiger partial charge in [0.2, 0.25) is 0 Å². The highest BCUT2D eigenvalue weighted by Gasteiger charge is 2.32. The molecule has 1 fully saturated rings. The van der Waals surface area contributed by atoms with E-state index in [1.54, 1.807) is 17.9 Å². The molecule has 7 nitrogen and oxygen atoms in total. The highest BCUT2D eigenvalue weighted by atomic mass is 16.5. The second-order valence-electron chi connectivity index (χ2n) is 7.50. The number of nitrogens with one attached hydrogen (secondary N) is 1. The summed E-state index contributed by atoms with van der Waals surface area (Å²) in [6.45, 7) is 1.89. The maximum atomic E-state index is 10.7. The molecular formula is C22H22N5O2+. The average molecular weight is 388 g/mol. The van der Waals surface area contributed by atoms with Crippen LogP contribution in [0.5, 0.6) is 5.75 Å². The van der Waals surface area contributed by atoms with Gasteiger partial charge in [0.05, 0.1) is 18.5 Å². The summed E-state index contributed by atoms with van der Waals surface area (Å²) in [6, 6.07) is 9.54. The zero-order valence-corrected chi connectivity index (χ0v) is 16.3. The minimum Gasteiger partial charge on any atom is -0.507 e. The first-order valence-electron chi connectivity index (χ1n) is 9.64. The van der Waals surface area contributed by atoms with Crippen molar-refractivity contribution in [3.8, 4) is 17.0 Å². The monoisotopic (exact) mass is 388 g/mol. The second kappa shape index (κ2) is 6.93. The fraction of sp³-hybridized carbons (Fsp3) is 0.273. The van der Waals surface area contributed by atoms with Gasteiger partial charge in [-0.25, -0.2) is 0 Å². The Balaban J connectivity index is 1.45. The Hall–Kier alpha value is -3.32. The predicted octanol–water partition coefficient (Wildman–Crippen LogP) is 2.16. The molecule has 0 radical (unpaired) electrons. The van der Waals surface area contributed by atoms with Crippen LogP contribution in [-0.4, -0.2) is 59.2 Å². The molecule has 0 spiro atoms. The number of aromatic nitrogens is 2. The molecule has 0 saturated carbocycles. The van der Waals surface area contributed by atoms with Crippen molar-refractivity contribution < 1.29 is 14.5 Å². The molecule has 0 amide bonds. The van der Waals surface area contributed by atoms with E-state index in [1.807, 2.05) is 43.6 Å². The molecule has 1 saturated heterocycles. The maximum Gasteiger partial charge on any atom is 0.185 e. The minimum atomic E-state index is 0.0659. The minimum absolute atomic E-state index is 0.0659. The van der Waals surface area contributed by atoms with Gasteiger partial charge in [-0.1, -0.05) is 16.8 Å². The molecule has 1 aromatic carbocycles. The summed E-state index contributed by atoms with van der Waals surface area (Å²) in [4.78, 5) is 0. The molecule has 29 heavy (non-hydrogen) atoms. The molecule has 146 valence electrons. The second-order valence-corrected chi connectivity index (χ2v) is 7.50. The summed E-state index contributed by atoms with van der Waals surface area (Å²) in [5.41, 5.74) is 5.11. The lowest BCUT2D eigenvalue weighted by Gasteiger charge is -2.25. The zero-order chi connectivity index (χ0) is 20.0. The Labute approximate surface area is 168 Å². The average Bonchev–Trinajstić information content (AvgIpc) is 3.06. The van der Waals surface area contributed by atoms with E-state index >= 15 is 0 Å². The van der Waals surface area contributed by atoms with E-state index in [9.17, 15) is 5.11 Å². The number of nitrogens with zero attached hydrogens (tertiary/aromatic N) is 4. The number of hydrogen-bond donors (Lipinski definition) is 2. The van der Waals surface area contributed by atoms with Crippen LogP contribution < -0.4 is 5.32 Å². The number of allylic oxidation sites excluding steroid dienone is 4. The van der Waals surface area contributed by atoms with Crippen LogP contribution in [0.15, 0.2) is 53.3 Å². The standard InChI is InChI=1S/C22H21N5O2/c1-27-12-15-7-14(9-21(29-2)22(15)26-27)13-3-4-17(20(28)8-13)19-6-5-18(24-25-19)16-10-23-11-16/h3-9,12,15-16,23H,10-11H2,1-2H3/p+1. The van der Waals surface area contributed by atoms with Crippen molar-refractivity contribution in [3.63, 3.8) is 0 Å². The van der Waals surface area contributed by atoms with Gasteiger partial charge in [-0.05, 0) is 46.6 Å². The first-order chi connectivity index (χ1) is 14.1. The molecule has 7 heteroatoms. The van der Waals surface area contributed by atoms with Crippen LogP contribution in [0.3, 0.4) is 0 Å². The molecule has 2 aromatic rings.